The summed E-state index contributed by atoms with van der Waals surface area (Å²) in [7, 11) is 0.980. The van der Waals surface area contributed by atoms with E-state index in [9.17, 15) is 29.3 Å². The minimum atomic E-state index is -4.71. The number of ether oxygens (including phenoxy) is 2. The number of aliphatic hydroxyl groups is 2. The van der Waals surface area contributed by atoms with Crippen LogP contribution in [-0.2, 0) is 45.5 Å². The topological polar surface area (TPSA) is 165 Å². The summed E-state index contributed by atoms with van der Waals surface area (Å²) in [6, 6.07) is 0. The van der Waals surface area contributed by atoms with Gasteiger partial charge in [0, 0.05) is 25.7 Å². The van der Waals surface area contributed by atoms with E-state index in [2.05, 4.69) is 52.0 Å². The molecule has 1 aromatic heterocycles. The molecule has 0 saturated heterocycles. The van der Waals surface area contributed by atoms with Gasteiger partial charge in [-0.3, -0.25) is 14.2 Å². The molecule has 0 aliphatic heterocycles. The molecule has 3 unspecified atom stereocenters. The summed E-state index contributed by atoms with van der Waals surface area (Å²) in [6.45, 7) is 8.07. The summed E-state index contributed by atoms with van der Waals surface area (Å²) in [5, 5.41) is 20.8. The molecule has 1 heterocycles. The molecule has 0 fully saturated rings. The average Bonchev–Trinajstić information content (AvgIpc) is 3.47. The Morgan fingerprint density at radius 1 is 0.705 bits per heavy atom. The van der Waals surface area contributed by atoms with Crippen molar-refractivity contribution < 1.29 is 56.7 Å². The first-order valence-electron chi connectivity index (χ1n) is 23.2. The van der Waals surface area contributed by atoms with Crippen LogP contribution in [-0.4, -0.2) is 92.5 Å². The first kappa shape index (κ1) is 56.4. The number of quaternary nitrogens is 1. The Morgan fingerprint density at radius 2 is 1.26 bits per heavy atom. The normalized spacial score (nSPS) is 14.9. The molecular weight excluding hydrogens is 797 g/mol. The Labute approximate surface area is 369 Å². The highest BCUT2D eigenvalue weighted by atomic mass is 31.2. The van der Waals surface area contributed by atoms with Crippen LogP contribution in [0.15, 0.2) is 40.9 Å². The summed E-state index contributed by atoms with van der Waals surface area (Å²) in [4.78, 5) is 37.8. The van der Waals surface area contributed by atoms with Crippen LogP contribution in [0.3, 0.4) is 0 Å². The van der Waals surface area contributed by atoms with Crippen molar-refractivity contribution in [1.29, 1.82) is 0 Å². The van der Waals surface area contributed by atoms with Crippen molar-refractivity contribution in [3.8, 4) is 0 Å². The van der Waals surface area contributed by atoms with Crippen molar-refractivity contribution in [2.24, 2.45) is 0 Å². The van der Waals surface area contributed by atoms with Gasteiger partial charge in [0.15, 0.2) is 6.10 Å². The van der Waals surface area contributed by atoms with Gasteiger partial charge >= 0.3 is 11.9 Å². The number of esters is 2. The van der Waals surface area contributed by atoms with Crippen LogP contribution in [0.1, 0.15) is 165 Å². The fourth-order valence-electron chi connectivity index (χ4n) is 6.46. The third kappa shape index (κ3) is 30.2. The van der Waals surface area contributed by atoms with E-state index in [-0.39, 0.29) is 32.3 Å². The molecule has 0 aromatic carbocycles. The van der Waals surface area contributed by atoms with E-state index in [4.69, 9.17) is 22.9 Å². The van der Waals surface area contributed by atoms with Gasteiger partial charge in [-0.05, 0) is 89.2 Å². The Balaban J connectivity index is 2.48. The summed E-state index contributed by atoms with van der Waals surface area (Å²) in [5.41, 5.74) is 2.56. The SMILES string of the molecule is CCCCC/C=C\C/C=C\C/C=C\CC(O)C(O)CCCC(=O)OC[C@H](COP(=O)([O-])OCC[N+](C)(C)C)OC(=O)CCCCCCCCc1oc(CCCCC)c(C)c1C. The molecule has 0 amide bonds. The predicted molar refractivity (Wildman–Crippen MR) is 242 cm³/mol. The first-order valence-corrected chi connectivity index (χ1v) is 24.7. The average molecular weight is 882 g/mol. The molecule has 0 radical (unpaired) electrons. The largest absolute Gasteiger partial charge is 0.756 e. The van der Waals surface area contributed by atoms with Crippen molar-refractivity contribution in [2.45, 2.75) is 187 Å². The molecule has 1 aromatic rings. The van der Waals surface area contributed by atoms with Crippen molar-refractivity contribution in [2.75, 3.05) is 47.5 Å². The van der Waals surface area contributed by atoms with Crippen molar-refractivity contribution in [1.82, 2.24) is 0 Å². The number of furan rings is 1. The number of nitrogens with zero attached hydrogens (tertiary/aromatic N) is 1. The number of aryl methyl sites for hydroxylation is 2. The van der Waals surface area contributed by atoms with E-state index in [1.54, 1.807) is 0 Å². The van der Waals surface area contributed by atoms with Crippen LogP contribution in [0.25, 0.3) is 0 Å². The number of phosphoric acid groups is 1. The molecule has 13 heteroatoms. The second kappa shape index (κ2) is 33.9. The van der Waals surface area contributed by atoms with Crippen molar-refractivity contribution >= 4 is 19.8 Å². The monoisotopic (exact) mass is 882 g/mol. The fourth-order valence-corrected chi connectivity index (χ4v) is 7.19. The van der Waals surface area contributed by atoms with Crippen molar-refractivity contribution in [3.05, 3.63) is 59.1 Å². The zero-order chi connectivity index (χ0) is 45.4. The fraction of sp³-hybridized carbons (Fsp3) is 0.750. The van der Waals surface area contributed by atoms with E-state index >= 15 is 0 Å². The van der Waals surface area contributed by atoms with Crippen LogP contribution in [0, 0.1) is 13.8 Å². The quantitative estimate of drug-likeness (QED) is 0.0214. The molecule has 0 aliphatic rings. The Bertz CT molecular complexity index is 1450. The highest BCUT2D eigenvalue weighted by Gasteiger charge is 2.22. The second-order valence-corrected chi connectivity index (χ2v) is 18.7. The maximum absolute atomic E-state index is 12.8. The van der Waals surface area contributed by atoms with Gasteiger partial charge in [-0.15, -0.1) is 0 Å². The smallest absolute Gasteiger partial charge is 0.306 e. The van der Waals surface area contributed by atoms with E-state index in [1.165, 1.54) is 43.2 Å². The van der Waals surface area contributed by atoms with Crippen molar-refractivity contribution in [3.63, 3.8) is 0 Å². The highest BCUT2D eigenvalue weighted by Crippen LogP contribution is 2.38. The number of phosphoric ester groups is 1. The second-order valence-electron chi connectivity index (χ2n) is 17.3. The number of hydrogen-bond donors (Lipinski definition) is 2. The lowest BCUT2D eigenvalue weighted by Crippen LogP contribution is -2.37. The number of rotatable bonds is 38. The van der Waals surface area contributed by atoms with E-state index in [1.807, 2.05) is 33.3 Å². The Morgan fingerprint density at radius 3 is 1.90 bits per heavy atom. The number of allylic oxidation sites excluding steroid dienone is 5. The molecular formula is C48H84NO11P. The van der Waals surface area contributed by atoms with Gasteiger partial charge in [0.1, 0.15) is 31.3 Å². The Kier molecular flexibility index (Phi) is 31.4. The summed E-state index contributed by atoms with van der Waals surface area (Å²) >= 11 is 0. The number of carbonyl (C=O) groups excluding carboxylic acids is 2. The molecule has 12 nitrogen and oxygen atoms in total. The molecule has 0 aliphatic carbocycles. The molecule has 352 valence electrons. The summed E-state index contributed by atoms with van der Waals surface area (Å²) in [6.07, 6.45) is 27.6. The van der Waals surface area contributed by atoms with Gasteiger partial charge in [-0.25, -0.2) is 0 Å². The lowest BCUT2D eigenvalue weighted by molar-refractivity contribution is -0.870. The van der Waals surface area contributed by atoms with Crippen LogP contribution in [0.4, 0.5) is 0 Å². The first-order chi connectivity index (χ1) is 29.1. The molecule has 2 N–H and O–H groups in total. The van der Waals surface area contributed by atoms with Crippen LogP contribution in [0.2, 0.25) is 0 Å². The summed E-state index contributed by atoms with van der Waals surface area (Å²) < 4.78 is 40.0. The number of hydrogen-bond acceptors (Lipinski definition) is 11. The highest BCUT2D eigenvalue weighted by molar-refractivity contribution is 7.45. The van der Waals surface area contributed by atoms with Gasteiger partial charge in [0.2, 0.25) is 0 Å². The minimum absolute atomic E-state index is 0.0476. The number of carbonyl (C=O) groups is 2. The van der Waals surface area contributed by atoms with Crippen LogP contribution in [0.5, 0.6) is 0 Å². The standard InChI is InChI=1S/C48H84NO11P/c1-8-10-12-13-14-15-16-17-18-19-22-26-30-43(50)44(51)31-29-35-47(52)56-38-42(39-58-61(54,55)57-37-36-49(5,6)7)59-48(53)34-28-24-21-20-23-27-33-46-41(4)40(3)45(60-46)32-25-11-9-2/h14-15,17-18,22,26,42-44,50-51H,8-13,16,19-21,23-25,27-39H2,1-7H3/b15-14-,18-17-,26-22-/t42-,43?,44?/m1/s1. The van der Waals surface area contributed by atoms with E-state index in [0.717, 1.165) is 82.1 Å². The third-order valence-electron chi connectivity index (χ3n) is 10.6. The van der Waals surface area contributed by atoms with E-state index < -0.39 is 51.3 Å². The molecule has 0 saturated carbocycles. The molecule has 4 atom stereocenters. The zero-order valence-electron chi connectivity index (χ0n) is 39.0. The van der Waals surface area contributed by atoms with Crippen LogP contribution < -0.4 is 4.89 Å². The van der Waals surface area contributed by atoms with E-state index in [0.29, 0.717) is 23.9 Å². The van der Waals surface area contributed by atoms with Gasteiger partial charge in [0.25, 0.3) is 7.82 Å². The third-order valence-corrected chi connectivity index (χ3v) is 11.5. The molecule has 0 bridgehead atoms. The molecule has 61 heavy (non-hydrogen) atoms. The Hall–Kier alpha value is -2.57. The minimum Gasteiger partial charge on any atom is -0.756 e. The summed E-state index contributed by atoms with van der Waals surface area (Å²) in [5.74, 6) is 1.08. The van der Waals surface area contributed by atoms with Crippen LogP contribution >= 0.6 is 7.82 Å². The zero-order valence-corrected chi connectivity index (χ0v) is 39.9. The number of unbranched alkanes of at least 4 members (excludes halogenated alkanes) is 10. The van der Waals surface area contributed by atoms with Gasteiger partial charge in [-0.2, -0.15) is 0 Å². The van der Waals surface area contributed by atoms with Gasteiger partial charge < -0.3 is 42.5 Å². The lowest BCUT2D eigenvalue weighted by Gasteiger charge is -2.28. The molecule has 0 spiro atoms. The van der Waals surface area contributed by atoms with Gasteiger partial charge in [-0.1, -0.05) is 102 Å². The number of likely N-dealkylation sites (N-methyl/N-ethyl adjacent to an activating group) is 1. The maximum Gasteiger partial charge on any atom is 0.306 e. The predicted octanol–water partition coefficient (Wildman–Crippen LogP) is 9.88. The lowest BCUT2D eigenvalue weighted by atomic mass is 10.0. The number of aliphatic hydroxyl groups excluding tert-OH is 2. The van der Waals surface area contributed by atoms with Gasteiger partial charge in [0.05, 0.1) is 40.0 Å². The maximum atomic E-state index is 12.8. The molecule has 1 rings (SSSR count).